The van der Waals surface area contributed by atoms with Gasteiger partial charge in [0.1, 0.15) is 11.5 Å². The zero-order valence-electron chi connectivity index (χ0n) is 19.8. The molecule has 1 aromatic rings. The van der Waals surface area contributed by atoms with Gasteiger partial charge in [-0.25, -0.2) is 0 Å². The summed E-state index contributed by atoms with van der Waals surface area (Å²) in [6, 6.07) is 3.07. The molecular weight excluding hydrogens is 388 g/mol. The maximum absolute atomic E-state index is 12.3. The number of aliphatic hydroxyl groups is 1. The van der Waals surface area contributed by atoms with Crippen molar-refractivity contribution in [1.82, 2.24) is 0 Å². The van der Waals surface area contributed by atoms with Crippen molar-refractivity contribution in [2.45, 2.75) is 79.8 Å². The number of aryl methyl sites for hydroxylation is 1. The first-order valence-electron chi connectivity index (χ1n) is 10.8. The summed E-state index contributed by atoms with van der Waals surface area (Å²) >= 11 is 0. The Hall–Kier alpha value is -2.59. The number of carbonyl (C=O) groups excluding carboxylic acids is 1. The fourth-order valence-corrected chi connectivity index (χ4v) is 3.42. The van der Waals surface area contributed by atoms with Crippen LogP contribution in [0.5, 0.6) is 11.5 Å². The Morgan fingerprint density at radius 1 is 1.00 bits per heavy atom. The van der Waals surface area contributed by atoms with Crippen LogP contribution >= 0.6 is 0 Å². The van der Waals surface area contributed by atoms with Gasteiger partial charge in [0.2, 0.25) is 0 Å². The average Bonchev–Trinajstić information content (AvgIpc) is 2.62. The van der Waals surface area contributed by atoms with Crippen molar-refractivity contribution in [3.05, 3.63) is 69.9 Å². The van der Waals surface area contributed by atoms with Crippen molar-refractivity contribution in [2.75, 3.05) is 0 Å². The van der Waals surface area contributed by atoms with E-state index in [-0.39, 0.29) is 17.3 Å². The molecule has 170 valence electrons. The van der Waals surface area contributed by atoms with Crippen molar-refractivity contribution in [1.29, 1.82) is 0 Å². The van der Waals surface area contributed by atoms with E-state index in [0.29, 0.717) is 30.4 Å². The van der Waals surface area contributed by atoms with Gasteiger partial charge < -0.3 is 15.3 Å². The minimum Gasteiger partial charge on any atom is -0.508 e. The van der Waals surface area contributed by atoms with Gasteiger partial charge in [0, 0.05) is 12.0 Å². The monoisotopic (exact) mass is 426 g/mol. The molecule has 0 saturated heterocycles. The first kappa shape index (κ1) is 26.4. The molecule has 0 fully saturated rings. The summed E-state index contributed by atoms with van der Waals surface area (Å²) in [4.78, 5) is 12.3. The van der Waals surface area contributed by atoms with E-state index < -0.39 is 6.10 Å². The summed E-state index contributed by atoms with van der Waals surface area (Å²) in [6.45, 7) is 11.6. The molecule has 4 heteroatoms. The average molecular weight is 427 g/mol. The summed E-state index contributed by atoms with van der Waals surface area (Å²) in [7, 11) is 0. The van der Waals surface area contributed by atoms with Gasteiger partial charge in [-0.15, -0.1) is 0 Å². The molecule has 1 rings (SSSR count). The summed E-state index contributed by atoms with van der Waals surface area (Å²) < 4.78 is 0. The maximum atomic E-state index is 12.3. The Morgan fingerprint density at radius 3 is 2.32 bits per heavy atom. The first-order chi connectivity index (χ1) is 14.5. The number of hydrogen-bond acceptors (Lipinski definition) is 4. The Bertz CT molecular complexity index is 881. The Balaban J connectivity index is 2.55. The number of carbonyl (C=O) groups is 1. The number of hydrogen-bond donors (Lipinski definition) is 3. The van der Waals surface area contributed by atoms with Gasteiger partial charge in [0.15, 0.2) is 5.78 Å². The number of aromatic hydroxyl groups is 2. The van der Waals surface area contributed by atoms with Crippen molar-refractivity contribution >= 4 is 5.78 Å². The van der Waals surface area contributed by atoms with E-state index in [9.17, 15) is 20.1 Å². The SMILES string of the molecule is CC(C)=CC(O)CC(C)=CCCC(C)=CC(=O)CC(C)=CCc1cc(O)cc(C)c1O. The lowest BCUT2D eigenvalue weighted by molar-refractivity contribution is -0.114. The zero-order chi connectivity index (χ0) is 23.6. The molecule has 0 aliphatic heterocycles. The van der Waals surface area contributed by atoms with Crippen LogP contribution in [0.1, 0.15) is 71.4 Å². The van der Waals surface area contributed by atoms with Gasteiger partial charge in [0.05, 0.1) is 6.10 Å². The summed E-state index contributed by atoms with van der Waals surface area (Å²) in [5.41, 5.74) is 5.50. The van der Waals surface area contributed by atoms with Crippen LogP contribution in [0.25, 0.3) is 0 Å². The van der Waals surface area contributed by atoms with Crippen molar-refractivity contribution in [3.63, 3.8) is 0 Å². The van der Waals surface area contributed by atoms with Gasteiger partial charge in [-0.05, 0) is 91.0 Å². The molecule has 0 heterocycles. The smallest absolute Gasteiger partial charge is 0.159 e. The molecule has 0 aromatic heterocycles. The largest absolute Gasteiger partial charge is 0.508 e. The number of phenols is 2. The molecule has 0 amide bonds. The topological polar surface area (TPSA) is 77.8 Å². The van der Waals surface area contributed by atoms with Crippen LogP contribution in [0.4, 0.5) is 0 Å². The van der Waals surface area contributed by atoms with E-state index in [0.717, 1.165) is 35.1 Å². The van der Waals surface area contributed by atoms with Crippen molar-refractivity contribution < 1.29 is 20.1 Å². The Morgan fingerprint density at radius 2 is 1.68 bits per heavy atom. The first-order valence-corrected chi connectivity index (χ1v) is 10.8. The fraction of sp³-hybridized carbons (Fsp3) is 0.444. The second-order valence-corrected chi connectivity index (χ2v) is 8.76. The molecular formula is C27H38O4. The Labute approximate surface area is 187 Å². The van der Waals surface area contributed by atoms with Gasteiger partial charge >= 0.3 is 0 Å². The second-order valence-electron chi connectivity index (χ2n) is 8.76. The number of phenolic OH excluding ortho intramolecular Hbond substituents is 2. The number of ketones is 1. The van der Waals surface area contributed by atoms with E-state index in [2.05, 4.69) is 6.08 Å². The van der Waals surface area contributed by atoms with Gasteiger partial charge in [-0.2, -0.15) is 0 Å². The van der Waals surface area contributed by atoms with E-state index in [4.69, 9.17) is 0 Å². The number of rotatable bonds is 11. The van der Waals surface area contributed by atoms with Crippen molar-refractivity contribution in [3.8, 4) is 11.5 Å². The van der Waals surface area contributed by atoms with Crippen LogP contribution < -0.4 is 0 Å². The molecule has 31 heavy (non-hydrogen) atoms. The molecule has 1 atom stereocenters. The van der Waals surface area contributed by atoms with E-state index >= 15 is 0 Å². The van der Waals surface area contributed by atoms with E-state index in [1.54, 1.807) is 19.1 Å². The zero-order valence-corrected chi connectivity index (χ0v) is 19.8. The van der Waals surface area contributed by atoms with Crippen LogP contribution in [0.2, 0.25) is 0 Å². The van der Waals surface area contributed by atoms with Crippen molar-refractivity contribution in [2.24, 2.45) is 0 Å². The lowest BCUT2D eigenvalue weighted by Gasteiger charge is -2.07. The van der Waals surface area contributed by atoms with Gasteiger partial charge in [0.25, 0.3) is 0 Å². The van der Waals surface area contributed by atoms with Crippen LogP contribution in [-0.2, 0) is 11.2 Å². The third-order valence-electron chi connectivity index (χ3n) is 4.98. The molecule has 4 nitrogen and oxygen atoms in total. The minimum absolute atomic E-state index is 0.0576. The van der Waals surface area contributed by atoms with Gasteiger partial charge in [-0.1, -0.05) is 40.5 Å². The normalized spacial score (nSPS) is 13.8. The second kappa shape index (κ2) is 13.0. The molecule has 0 spiro atoms. The quantitative estimate of drug-likeness (QED) is 0.222. The molecule has 3 N–H and O–H groups in total. The lowest BCUT2D eigenvalue weighted by atomic mass is 10.0. The standard InChI is InChI=1S/C27H38O4/c1-18(2)12-24(28)13-19(3)8-7-9-20(4)14-25(29)15-21(5)10-11-23-17-26(30)16-22(6)27(23)31/h8,10,12,14,16-17,24,28,30-31H,7,9,11,13,15H2,1-6H3. The highest BCUT2D eigenvalue weighted by atomic mass is 16.3. The maximum Gasteiger partial charge on any atom is 0.159 e. The highest BCUT2D eigenvalue weighted by molar-refractivity contribution is 5.91. The molecule has 0 aliphatic rings. The summed E-state index contributed by atoms with van der Waals surface area (Å²) in [5.74, 6) is 0.365. The number of benzene rings is 1. The highest BCUT2D eigenvalue weighted by Gasteiger charge is 2.07. The minimum atomic E-state index is -0.445. The third-order valence-corrected chi connectivity index (χ3v) is 4.98. The van der Waals surface area contributed by atoms with Crippen LogP contribution in [0, 0.1) is 6.92 Å². The van der Waals surface area contributed by atoms with E-state index in [1.807, 2.05) is 46.8 Å². The molecule has 0 bridgehead atoms. The van der Waals surface area contributed by atoms with Crippen LogP contribution in [0.3, 0.4) is 0 Å². The molecule has 1 unspecified atom stereocenters. The van der Waals surface area contributed by atoms with Crippen LogP contribution in [-0.4, -0.2) is 27.2 Å². The molecule has 1 aromatic carbocycles. The Kier molecular flexibility index (Phi) is 11.1. The summed E-state index contributed by atoms with van der Waals surface area (Å²) in [5, 5.41) is 29.8. The lowest BCUT2D eigenvalue weighted by Crippen LogP contribution is -2.03. The number of allylic oxidation sites excluding steroid dienone is 6. The summed E-state index contributed by atoms with van der Waals surface area (Å²) in [6.07, 6.45) is 10.2. The molecule has 0 radical (unpaired) electrons. The molecule has 0 aliphatic carbocycles. The molecule has 0 saturated carbocycles. The van der Waals surface area contributed by atoms with E-state index in [1.165, 1.54) is 6.07 Å². The third kappa shape index (κ3) is 10.8. The highest BCUT2D eigenvalue weighted by Crippen LogP contribution is 2.28. The predicted octanol–water partition coefficient (Wildman–Crippen LogP) is 6.24. The predicted molar refractivity (Wildman–Crippen MR) is 128 cm³/mol. The van der Waals surface area contributed by atoms with Gasteiger partial charge in [-0.3, -0.25) is 4.79 Å². The number of aliphatic hydroxyl groups excluding tert-OH is 1. The van der Waals surface area contributed by atoms with Crippen LogP contribution in [0.15, 0.2) is 58.7 Å². The fourth-order valence-electron chi connectivity index (χ4n) is 3.42.